The molecule has 0 amide bonds. The molecule has 0 unspecified atom stereocenters. The standard InChI is InChI=1S/C15H13BrN2O2S/c1-10-3-6-14(7-11(10)2)21(19,20)18-15-8-13(16)5-4-12(15)9-17/h3-8,18H,1-2H3. The zero-order valence-electron chi connectivity index (χ0n) is 11.5. The maximum Gasteiger partial charge on any atom is 0.261 e. The van der Waals surface area contributed by atoms with Crippen molar-refractivity contribution >= 4 is 31.6 Å². The van der Waals surface area contributed by atoms with E-state index in [-0.39, 0.29) is 16.1 Å². The van der Waals surface area contributed by atoms with Gasteiger partial charge in [0.1, 0.15) is 6.07 Å². The van der Waals surface area contributed by atoms with E-state index >= 15 is 0 Å². The van der Waals surface area contributed by atoms with Gasteiger partial charge in [0.15, 0.2) is 0 Å². The molecule has 0 bridgehead atoms. The summed E-state index contributed by atoms with van der Waals surface area (Å²) < 4.78 is 28.0. The van der Waals surface area contributed by atoms with E-state index in [4.69, 9.17) is 5.26 Å². The molecule has 4 nitrogen and oxygen atoms in total. The first kappa shape index (κ1) is 15.5. The third kappa shape index (κ3) is 3.43. The predicted octanol–water partition coefficient (Wildman–Crippen LogP) is 3.74. The normalized spacial score (nSPS) is 11.0. The molecular weight excluding hydrogens is 352 g/mol. The molecule has 0 aliphatic carbocycles. The van der Waals surface area contributed by atoms with Crippen LogP contribution >= 0.6 is 15.9 Å². The van der Waals surface area contributed by atoms with Crippen molar-refractivity contribution in [2.75, 3.05) is 4.72 Å². The Bertz CT molecular complexity index is 839. The molecule has 0 saturated heterocycles. The number of nitriles is 1. The fourth-order valence-electron chi connectivity index (χ4n) is 1.78. The average Bonchev–Trinajstić information content (AvgIpc) is 2.41. The number of nitrogens with zero attached hydrogens (tertiary/aromatic N) is 1. The van der Waals surface area contributed by atoms with Gasteiger partial charge in [-0.2, -0.15) is 5.26 Å². The Labute approximate surface area is 132 Å². The molecular formula is C15H13BrN2O2S. The van der Waals surface area contributed by atoms with Crippen LogP contribution < -0.4 is 4.72 Å². The highest BCUT2D eigenvalue weighted by molar-refractivity contribution is 9.10. The Morgan fingerprint density at radius 1 is 1.10 bits per heavy atom. The second-order valence-corrected chi connectivity index (χ2v) is 7.25. The second-order valence-electron chi connectivity index (χ2n) is 4.65. The molecule has 6 heteroatoms. The molecule has 2 aromatic rings. The number of nitrogens with one attached hydrogen (secondary N) is 1. The second kappa shape index (κ2) is 5.88. The summed E-state index contributed by atoms with van der Waals surface area (Å²) in [5, 5.41) is 9.06. The molecule has 0 aliphatic heterocycles. The summed E-state index contributed by atoms with van der Waals surface area (Å²) in [6.45, 7) is 3.77. The van der Waals surface area contributed by atoms with Crippen LogP contribution in [0.15, 0.2) is 45.8 Å². The molecule has 21 heavy (non-hydrogen) atoms. The van der Waals surface area contributed by atoms with Crippen LogP contribution in [0.2, 0.25) is 0 Å². The van der Waals surface area contributed by atoms with Crippen molar-refractivity contribution in [1.29, 1.82) is 5.26 Å². The van der Waals surface area contributed by atoms with E-state index in [1.54, 1.807) is 36.4 Å². The first-order chi connectivity index (χ1) is 9.83. The van der Waals surface area contributed by atoms with Crippen LogP contribution in [0.4, 0.5) is 5.69 Å². The van der Waals surface area contributed by atoms with Crippen molar-refractivity contribution < 1.29 is 8.42 Å². The molecule has 0 heterocycles. The summed E-state index contributed by atoms with van der Waals surface area (Å²) in [6, 6.07) is 11.7. The van der Waals surface area contributed by atoms with Gasteiger partial charge in [0.25, 0.3) is 10.0 Å². The Morgan fingerprint density at radius 2 is 1.81 bits per heavy atom. The highest BCUT2D eigenvalue weighted by Gasteiger charge is 2.17. The first-order valence-electron chi connectivity index (χ1n) is 6.13. The minimum absolute atomic E-state index is 0.175. The number of aryl methyl sites for hydroxylation is 2. The molecule has 0 aliphatic rings. The largest absolute Gasteiger partial charge is 0.278 e. The van der Waals surface area contributed by atoms with E-state index in [0.717, 1.165) is 11.1 Å². The maximum atomic E-state index is 12.4. The molecule has 108 valence electrons. The number of halogens is 1. The van der Waals surface area contributed by atoms with Gasteiger partial charge in [-0.25, -0.2) is 8.42 Å². The summed E-state index contributed by atoms with van der Waals surface area (Å²) in [5.74, 6) is 0. The van der Waals surface area contributed by atoms with E-state index in [2.05, 4.69) is 20.7 Å². The topological polar surface area (TPSA) is 70.0 Å². The minimum atomic E-state index is -3.72. The van der Waals surface area contributed by atoms with Gasteiger partial charge in [-0.05, 0) is 55.3 Å². The van der Waals surface area contributed by atoms with Crippen molar-refractivity contribution in [1.82, 2.24) is 0 Å². The van der Waals surface area contributed by atoms with Gasteiger partial charge < -0.3 is 0 Å². The monoisotopic (exact) mass is 364 g/mol. The number of rotatable bonds is 3. The third-order valence-electron chi connectivity index (χ3n) is 3.14. The van der Waals surface area contributed by atoms with Crippen LogP contribution in [-0.4, -0.2) is 8.42 Å². The Morgan fingerprint density at radius 3 is 2.43 bits per heavy atom. The quantitative estimate of drug-likeness (QED) is 0.901. The van der Waals surface area contributed by atoms with Crippen molar-refractivity contribution in [2.24, 2.45) is 0 Å². The molecule has 1 N–H and O–H groups in total. The van der Waals surface area contributed by atoms with Gasteiger partial charge in [0.2, 0.25) is 0 Å². The highest BCUT2D eigenvalue weighted by atomic mass is 79.9. The van der Waals surface area contributed by atoms with Crippen LogP contribution in [-0.2, 0) is 10.0 Å². The molecule has 0 spiro atoms. The number of hydrogen-bond donors (Lipinski definition) is 1. The van der Waals surface area contributed by atoms with Gasteiger partial charge >= 0.3 is 0 Å². The van der Waals surface area contributed by atoms with Crippen LogP contribution in [0.3, 0.4) is 0 Å². The van der Waals surface area contributed by atoms with Gasteiger partial charge in [0, 0.05) is 4.47 Å². The summed E-state index contributed by atoms with van der Waals surface area (Å²) in [7, 11) is -3.72. The Hall–Kier alpha value is -1.84. The van der Waals surface area contributed by atoms with Crippen molar-refractivity contribution in [3.63, 3.8) is 0 Å². The third-order valence-corrected chi connectivity index (χ3v) is 4.99. The molecule has 2 rings (SSSR count). The summed E-state index contributed by atoms with van der Waals surface area (Å²) in [5.41, 5.74) is 2.44. The van der Waals surface area contributed by atoms with Gasteiger partial charge in [0.05, 0.1) is 16.1 Å². The Balaban J connectivity index is 2.45. The number of sulfonamides is 1. The Kier molecular flexibility index (Phi) is 4.35. The average molecular weight is 365 g/mol. The smallest absolute Gasteiger partial charge is 0.261 e. The molecule has 0 fully saturated rings. The number of benzene rings is 2. The van der Waals surface area contributed by atoms with Crippen LogP contribution in [0, 0.1) is 25.2 Å². The lowest BCUT2D eigenvalue weighted by Gasteiger charge is -2.11. The summed E-state index contributed by atoms with van der Waals surface area (Å²) >= 11 is 3.27. The summed E-state index contributed by atoms with van der Waals surface area (Å²) in [6.07, 6.45) is 0. The molecule has 0 saturated carbocycles. The SMILES string of the molecule is Cc1ccc(S(=O)(=O)Nc2cc(Br)ccc2C#N)cc1C. The molecule has 0 atom stereocenters. The van der Waals surface area contributed by atoms with E-state index < -0.39 is 10.0 Å². The molecule has 0 radical (unpaired) electrons. The van der Waals surface area contributed by atoms with Crippen molar-refractivity contribution in [3.05, 3.63) is 57.6 Å². The lowest BCUT2D eigenvalue weighted by atomic mass is 10.1. The fourth-order valence-corrected chi connectivity index (χ4v) is 3.30. The minimum Gasteiger partial charge on any atom is -0.278 e. The zero-order valence-corrected chi connectivity index (χ0v) is 13.9. The van der Waals surface area contributed by atoms with E-state index in [9.17, 15) is 8.42 Å². The molecule has 0 aromatic heterocycles. The van der Waals surface area contributed by atoms with Crippen molar-refractivity contribution in [3.8, 4) is 6.07 Å². The van der Waals surface area contributed by atoms with E-state index in [0.29, 0.717) is 4.47 Å². The number of anilines is 1. The van der Waals surface area contributed by atoms with Crippen molar-refractivity contribution in [2.45, 2.75) is 18.7 Å². The predicted molar refractivity (Wildman–Crippen MR) is 85.6 cm³/mol. The highest BCUT2D eigenvalue weighted by Crippen LogP contribution is 2.24. The van der Waals surface area contributed by atoms with Gasteiger partial charge in [-0.15, -0.1) is 0 Å². The molecule has 2 aromatic carbocycles. The van der Waals surface area contributed by atoms with Crippen LogP contribution in [0.5, 0.6) is 0 Å². The van der Waals surface area contributed by atoms with Crippen LogP contribution in [0.1, 0.15) is 16.7 Å². The maximum absolute atomic E-state index is 12.4. The van der Waals surface area contributed by atoms with Crippen LogP contribution in [0.25, 0.3) is 0 Å². The lowest BCUT2D eigenvalue weighted by molar-refractivity contribution is 0.601. The van der Waals surface area contributed by atoms with Gasteiger partial charge in [-0.1, -0.05) is 22.0 Å². The summed E-state index contributed by atoms with van der Waals surface area (Å²) in [4.78, 5) is 0.175. The van der Waals surface area contributed by atoms with Gasteiger partial charge in [-0.3, -0.25) is 4.72 Å². The zero-order chi connectivity index (χ0) is 15.6. The fraction of sp³-hybridized carbons (Fsp3) is 0.133. The number of hydrogen-bond acceptors (Lipinski definition) is 3. The first-order valence-corrected chi connectivity index (χ1v) is 8.41. The lowest BCUT2D eigenvalue weighted by Crippen LogP contribution is -2.14. The van der Waals surface area contributed by atoms with E-state index in [1.807, 2.05) is 19.9 Å². The van der Waals surface area contributed by atoms with E-state index in [1.165, 1.54) is 0 Å².